The molecule has 2 amide bonds. The first kappa shape index (κ1) is 20.6. The zero-order valence-electron chi connectivity index (χ0n) is 16.2. The van der Waals surface area contributed by atoms with Gasteiger partial charge in [0.2, 0.25) is 5.91 Å². The molecule has 0 radical (unpaired) electrons. The number of hydrogen-bond donors (Lipinski definition) is 2. The van der Waals surface area contributed by atoms with E-state index in [1.54, 1.807) is 20.2 Å². The van der Waals surface area contributed by atoms with Crippen LogP contribution in [0.25, 0.3) is 10.9 Å². The van der Waals surface area contributed by atoms with Gasteiger partial charge in [-0.05, 0) is 18.1 Å². The molecule has 27 heavy (non-hydrogen) atoms. The van der Waals surface area contributed by atoms with Gasteiger partial charge in [0.15, 0.2) is 0 Å². The number of nitrogens with one attached hydrogen (secondary N) is 2. The Balaban J connectivity index is 2.27. The highest BCUT2D eigenvalue weighted by atomic mass is 16.5. The van der Waals surface area contributed by atoms with Crippen LogP contribution in [0.4, 0.5) is 0 Å². The maximum atomic E-state index is 12.8. The van der Waals surface area contributed by atoms with Crippen LogP contribution in [0.3, 0.4) is 0 Å². The Morgan fingerprint density at radius 3 is 2.59 bits per heavy atom. The first-order valence-electron chi connectivity index (χ1n) is 8.99. The number of carbonyl (C=O) groups excluding carboxylic acids is 2. The summed E-state index contributed by atoms with van der Waals surface area (Å²) in [4.78, 5) is 28.9. The summed E-state index contributed by atoms with van der Waals surface area (Å²) in [5.74, 6) is 0.225. The van der Waals surface area contributed by atoms with E-state index in [4.69, 9.17) is 9.47 Å². The normalized spacial score (nSPS) is 12.0. The Kier molecular flexibility index (Phi) is 7.55. The number of pyridine rings is 1. The number of benzene rings is 1. The second-order valence-corrected chi connectivity index (χ2v) is 6.57. The molecule has 0 saturated carbocycles. The lowest BCUT2D eigenvalue weighted by atomic mass is 10.00. The number of para-hydroxylation sites is 1. The second-order valence-electron chi connectivity index (χ2n) is 6.57. The molecular weight excluding hydrogens is 346 g/mol. The van der Waals surface area contributed by atoms with Crippen LogP contribution in [-0.4, -0.2) is 50.2 Å². The van der Waals surface area contributed by atoms with Gasteiger partial charge in [-0.25, -0.2) is 4.98 Å². The first-order valence-corrected chi connectivity index (χ1v) is 8.99. The van der Waals surface area contributed by atoms with Crippen molar-refractivity contribution in [2.24, 2.45) is 5.92 Å². The molecule has 2 rings (SSSR count). The monoisotopic (exact) mass is 373 g/mol. The minimum Gasteiger partial charge on any atom is -0.490 e. The molecule has 0 bridgehead atoms. The van der Waals surface area contributed by atoms with Gasteiger partial charge >= 0.3 is 0 Å². The number of hydrogen-bond acceptors (Lipinski definition) is 5. The van der Waals surface area contributed by atoms with Crippen LogP contribution in [0.5, 0.6) is 5.75 Å². The van der Waals surface area contributed by atoms with Crippen molar-refractivity contribution in [2.75, 3.05) is 27.4 Å². The Labute approximate surface area is 159 Å². The molecule has 7 heteroatoms. The summed E-state index contributed by atoms with van der Waals surface area (Å²) in [6, 6.07) is 8.83. The van der Waals surface area contributed by atoms with Gasteiger partial charge in [0, 0.05) is 38.1 Å². The van der Waals surface area contributed by atoms with Crippen molar-refractivity contribution in [2.45, 2.75) is 26.3 Å². The molecule has 7 nitrogen and oxygen atoms in total. The summed E-state index contributed by atoms with van der Waals surface area (Å²) in [5, 5.41) is 6.33. The van der Waals surface area contributed by atoms with Crippen molar-refractivity contribution >= 4 is 22.7 Å². The maximum Gasteiger partial charge on any atom is 0.270 e. The smallest absolute Gasteiger partial charge is 0.270 e. The highest BCUT2D eigenvalue weighted by Crippen LogP contribution is 2.25. The molecule has 1 aromatic heterocycles. The lowest BCUT2D eigenvalue weighted by Gasteiger charge is -2.21. The molecule has 0 saturated heterocycles. The lowest BCUT2D eigenvalue weighted by Crippen LogP contribution is -2.42. The highest BCUT2D eigenvalue weighted by molar-refractivity contribution is 5.97. The van der Waals surface area contributed by atoms with Crippen molar-refractivity contribution in [1.82, 2.24) is 15.6 Å². The maximum absolute atomic E-state index is 12.8. The summed E-state index contributed by atoms with van der Waals surface area (Å²) in [6.07, 6.45) is 0.213. The number of amides is 2. The summed E-state index contributed by atoms with van der Waals surface area (Å²) in [6.45, 7) is 4.73. The average Bonchev–Trinajstić information content (AvgIpc) is 2.67. The minimum atomic E-state index is -0.333. The fourth-order valence-corrected chi connectivity index (χ4v) is 2.61. The van der Waals surface area contributed by atoms with E-state index in [1.165, 1.54) is 0 Å². The first-order chi connectivity index (χ1) is 13.0. The largest absolute Gasteiger partial charge is 0.490 e. The van der Waals surface area contributed by atoms with E-state index in [0.717, 1.165) is 5.39 Å². The molecule has 0 aliphatic carbocycles. The van der Waals surface area contributed by atoms with Crippen molar-refractivity contribution < 1.29 is 19.1 Å². The molecule has 0 fully saturated rings. The van der Waals surface area contributed by atoms with Crippen molar-refractivity contribution in [3.8, 4) is 5.75 Å². The molecular formula is C20H27N3O4. The third-order valence-electron chi connectivity index (χ3n) is 4.26. The molecule has 0 spiro atoms. The Morgan fingerprint density at radius 2 is 1.93 bits per heavy atom. The van der Waals surface area contributed by atoms with E-state index < -0.39 is 0 Å². The number of methoxy groups -OCH3 is 1. The number of aromatic nitrogens is 1. The third-order valence-corrected chi connectivity index (χ3v) is 4.26. The molecule has 1 atom stereocenters. The summed E-state index contributed by atoms with van der Waals surface area (Å²) in [5.41, 5.74) is 0.925. The number of nitrogens with zero attached hydrogens (tertiary/aromatic N) is 1. The number of carbonyl (C=O) groups is 2. The van der Waals surface area contributed by atoms with E-state index in [2.05, 4.69) is 15.6 Å². The van der Waals surface area contributed by atoms with Gasteiger partial charge in [-0.2, -0.15) is 0 Å². The summed E-state index contributed by atoms with van der Waals surface area (Å²) in [7, 11) is 3.18. The Hall–Kier alpha value is -2.67. The fraction of sp³-hybridized carbons (Fsp3) is 0.450. The van der Waals surface area contributed by atoms with Crippen LogP contribution in [0, 0.1) is 5.92 Å². The van der Waals surface area contributed by atoms with Crippen LogP contribution < -0.4 is 15.4 Å². The second kappa shape index (κ2) is 9.87. The van der Waals surface area contributed by atoms with Crippen molar-refractivity contribution in [3.05, 3.63) is 36.0 Å². The lowest BCUT2D eigenvalue weighted by molar-refractivity contribution is -0.121. The van der Waals surface area contributed by atoms with Crippen LogP contribution in [0.2, 0.25) is 0 Å². The molecule has 0 unspecified atom stereocenters. The average molecular weight is 373 g/mol. The predicted molar refractivity (Wildman–Crippen MR) is 104 cm³/mol. The Bertz CT molecular complexity index is 792. The van der Waals surface area contributed by atoms with Crippen LogP contribution in [-0.2, 0) is 9.53 Å². The van der Waals surface area contributed by atoms with E-state index in [-0.39, 0.29) is 35.9 Å². The number of ether oxygens (including phenoxy) is 2. The molecule has 2 aromatic rings. The van der Waals surface area contributed by atoms with E-state index in [9.17, 15) is 9.59 Å². The van der Waals surface area contributed by atoms with Gasteiger partial charge in [0.1, 0.15) is 18.1 Å². The zero-order valence-corrected chi connectivity index (χ0v) is 16.2. The van der Waals surface area contributed by atoms with Crippen LogP contribution in [0.15, 0.2) is 30.3 Å². The molecule has 1 aromatic carbocycles. The van der Waals surface area contributed by atoms with Gasteiger partial charge in [-0.15, -0.1) is 0 Å². The molecule has 1 heterocycles. The molecule has 0 aliphatic heterocycles. The van der Waals surface area contributed by atoms with Gasteiger partial charge in [0.05, 0.1) is 12.1 Å². The fourth-order valence-electron chi connectivity index (χ4n) is 2.61. The summed E-state index contributed by atoms with van der Waals surface area (Å²) < 4.78 is 10.8. The predicted octanol–water partition coefficient (Wildman–Crippen LogP) is 2.15. The number of fused-ring (bicyclic) bond motifs is 1. The van der Waals surface area contributed by atoms with Gasteiger partial charge < -0.3 is 20.1 Å². The van der Waals surface area contributed by atoms with Crippen molar-refractivity contribution in [1.29, 1.82) is 0 Å². The number of rotatable bonds is 9. The Morgan fingerprint density at radius 1 is 1.19 bits per heavy atom. The zero-order chi connectivity index (χ0) is 19.8. The minimum absolute atomic E-state index is 0.101. The molecule has 146 valence electrons. The van der Waals surface area contributed by atoms with Crippen LogP contribution in [0.1, 0.15) is 30.8 Å². The quantitative estimate of drug-likeness (QED) is 0.658. The van der Waals surface area contributed by atoms with Gasteiger partial charge in [-0.1, -0.05) is 26.0 Å². The van der Waals surface area contributed by atoms with Crippen molar-refractivity contribution in [3.63, 3.8) is 0 Å². The topological polar surface area (TPSA) is 89.6 Å². The van der Waals surface area contributed by atoms with E-state index in [0.29, 0.717) is 24.5 Å². The third kappa shape index (κ3) is 5.65. The standard InChI is InChI=1S/C20H27N3O4/c1-13(2)16(12-19(24)21-3)23-20(25)17-11-18(27-10-9-26-4)14-7-5-6-8-15(14)22-17/h5-8,11,13,16H,9-10,12H2,1-4H3,(H,21,24)(H,23,25)/t16-/m0/s1. The molecule has 2 N–H and O–H groups in total. The van der Waals surface area contributed by atoms with Crippen LogP contribution >= 0.6 is 0 Å². The SMILES string of the molecule is CNC(=O)C[C@H](NC(=O)c1cc(OCCOC)c2ccccc2n1)C(C)C. The van der Waals surface area contributed by atoms with E-state index in [1.807, 2.05) is 38.1 Å². The molecule has 0 aliphatic rings. The van der Waals surface area contributed by atoms with E-state index >= 15 is 0 Å². The highest BCUT2D eigenvalue weighted by Gasteiger charge is 2.21. The van der Waals surface area contributed by atoms with Gasteiger partial charge in [-0.3, -0.25) is 9.59 Å². The van der Waals surface area contributed by atoms with Gasteiger partial charge in [0.25, 0.3) is 5.91 Å². The summed E-state index contributed by atoms with van der Waals surface area (Å²) >= 11 is 0.